The lowest BCUT2D eigenvalue weighted by molar-refractivity contribution is -0.123. The van der Waals surface area contributed by atoms with Crippen LogP contribution in [0.5, 0.6) is 0 Å². The lowest BCUT2D eigenvalue weighted by Gasteiger charge is -2.18. The molecule has 1 amide bonds. The number of hydrogen-bond acceptors (Lipinski definition) is 3. The van der Waals surface area contributed by atoms with Gasteiger partial charge < -0.3 is 5.32 Å². The quantitative estimate of drug-likeness (QED) is 0.886. The number of benzene rings is 1. The first-order valence-corrected chi connectivity index (χ1v) is 8.53. The molecule has 2 aliphatic rings. The molecule has 2 saturated carbocycles. The van der Waals surface area contributed by atoms with Crippen molar-refractivity contribution < 1.29 is 9.18 Å². The first-order valence-electron chi connectivity index (χ1n) is 8.53. The summed E-state index contributed by atoms with van der Waals surface area (Å²) < 4.78 is 15.1. The maximum Gasteiger partial charge on any atom is 0.230 e. The summed E-state index contributed by atoms with van der Waals surface area (Å²) in [7, 11) is 0. The van der Waals surface area contributed by atoms with E-state index in [9.17, 15) is 9.18 Å². The molecule has 6 heteroatoms. The molecule has 0 bridgehead atoms. The number of halogens is 1. The van der Waals surface area contributed by atoms with Gasteiger partial charge in [-0.3, -0.25) is 9.48 Å². The van der Waals surface area contributed by atoms with Gasteiger partial charge in [0.05, 0.1) is 17.7 Å². The van der Waals surface area contributed by atoms with E-state index in [1.165, 1.54) is 25.0 Å². The summed E-state index contributed by atoms with van der Waals surface area (Å²) in [4.78, 5) is 12.6. The molecule has 2 fully saturated rings. The summed E-state index contributed by atoms with van der Waals surface area (Å²) in [6, 6.07) is 4.68. The Bertz CT molecular complexity index is 777. The number of aryl methyl sites for hydroxylation is 1. The zero-order valence-electron chi connectivity index (χ0n) is 13.8. The Morgan fingerprint density at radius 3 is 2.88 bits per heavy atom. The van der Waals surface area contributed by atoms with E-state index < -0.39 is 5.41 Å². The smallest absolute Gasteiger partial charge is 0.230 e. The van der Waals surface area contributed by atoms with Gasteiger partial charge in [-0.15, -0.1) is 5.10 Å². The van der Waals surface area contributed by atoms with Crippen molar-refractivity contribution in [1.29, 1.82) is 0 Å². The molecular weight excluding hydrogens is 307 g/mol. The summed E-state index contributed by atoms with van der Waals surface area (Å²) in [5.74, 6) is 0.356. The second-order valence-corrected chi connectivity index (χ2v) is 6.98. The zero-order valence-corrected chi connectivity index (χ0v) is 13.8. The first kappa shape index (κ1) is 15.3. The monoisotopic (exact) mass is 328 g/mol. The molecule has 0 atom stereocenters. The Morgan fingerprint density at radius 2 is 2.21 bits per heavy atom. The Hall–Kier alpha value is -2.24. The Labute approximate surface area is 140 Å². The first-order chi connectivity index (χ1) is 11.6. The van der Waals surface area contributed by atoms with Crippen LogP contribution in [0.2, 0.25) is 0 Å². The highest BCUT2D eigenvalue weighted by molar-refractivity contribution is 5.91. The van der Waals surface area contributed by atoms with Crippen LogP contribution >= 0.6 is 0 Å². The van der Waals surface area contributed by atoms with Crippen LogP contribution in [0.25, 0.3) is 0 Å². The van der Waals surface area contributed by atoms with Crippen LogP contribution in [0.1, 0.15) is 48.4 Å². The molecule has 2 aliphatic carbocycles. The Balaban J connectivity index is 1.36. The summed E-state index contributed by atoms with van der Waals surface area (Å²) in [5, 5.41) is 11.3. The van der Waals surface area contributed by atoms with Crippen molar-refractivity contribution in [2.24, 2.45) is 0 Å². The zero-order chi connectivity index (χ0) is 16.7. The van der Waals surface area contributed by atoms with E-state index in [-0.39, 0.29) is 11.7 Å². The lowest BCUT2D eigenvalue weighted by Crippen LogP contribution is -2.37. The van der Waals surface area contributed by atoms with Gasteiger partial charge >= 0.3 is 0 Å². The number of nitrogens with one attached hydrogen (secondary N) is 1. The third-order valence-corrected chi connectivity index (χ3v) is 5.07. The van der Waals surface area contributed by atoms with Crippen LogP contribution in [0.3, 0.4) is 0 Å². The van der Waals surface area contributed by atoms with Crippen molar-refractivity contribution in [2.45, 2.75) is 50.5 Å². The summed E-state index contributed by atoms with van der Waals surface area (Å²) in [6.45, 7) is 3.00. The molecule has 0 aliphatic heterocycles. The van der Waals surface area contributed by atoms with Gasteiger partial charge in [0.2, 0.25) is 5.91 Å². The van der Waals surface area contributed by atoms with Gasteiger partial charge in [0, 0.05) is 18.7 Å². The number of rotatable bonds is 6. The van der Waals surface area contributed by atoms with Crippen LogP contribution in [0.4, 0.5) is 4.39 Å². The molecule has 0 unspecified atom stereocenters. The van der Waals surface area contributed by atoms with E-state index in [1.54, 1.807) is 10.7 Å². The topological polar surface area (TPSA) is 59.8 Å². The van der Waals surface area contributed by atoms with Gasteiger partial charge in [0.15, 0.2) is 0 Å². The van der Waals surface area contributed by atoms with Gasteiger partial charge in [-0.2, -0.15) is 0 Å². The fourth-order valence-corrected chi connectivity index (χ4v) is 3.35. The molecule has 1 heterocycles. The van der Waals surface area contributed by atoms with Crippen molar-refractivity contribution in [3.05, 3.63) is 47.0 Å². The molecule has 0 spiro atoms. The fraction of sp³-hybridized carbons (Fsp3) is 0.500. The van der Waals surface area contributed by atoms with E-state index in [2.05, 4.69) is 15.6 Å². The number of amides is 1. The van der Waals surface area contributed by atoms with Crippen molar-refractivity contribution in [1.82, 2.24) is 20.3 Å². The van der Waals surface area contributed by atoms with Crippen molar-refractivity contribution in [2.75, 3.05) is 6.54 Å². The molecular formula is C18H21FN4O. The average molecular weight is 328 g/mol. The highest BCUT2D eigenvalue weighted by Crippen LogP contribution is 2.49. The van der Waals surface area contributed by atoms with Crippen LogP contribution in [-0.4, -0.2) is 27.4 Å². The van der Waals surface area contributed by atoms with E-state index in [1.807, 2.05) is 13.1 Å². The van der Waals surface area contributed by atoms with E-state index >= 15 is 0 Å². The molecule has 5 nitrogen and oxygen atoms in total. The minimum atomic E-state index is -0.473. The molecule has 1 aromatic heterocycles. The highest BCUT2D eigenvalue weighted by Gasteiger charge is 2.51. The normalized spacial score (nSPS) is 18.4. The summed E-state index contributed by atoms with van der Waals surface area (Å²) in [5.41, 5.74) is 2.37. The minimum Gasteiger partial charge on any atom is -0.353 e. The van der Waals surface area contributed by atoms with Crippen LogP contribution < -0.4 is 5.32 Å². The van der Waals surface area contributed by atoms with E-state index in [0.717, 1.165) is 29.7 Å². The second-order valence-electron chi connectivity index (χ2n) is 6.98. The SMILES string of the molecule is Cc1cc(F)ccc1C1(C(=O)NCCn2cc(C3CC3)nn2)CC1. The van der Waals surface area contributed by atoms with E-state index in [0.29, 0.717) is 19.0 Å². The molecule has 126 valence electrons. The number of aromatic nitrogens is 3. The Morgan fingerprint density at radius 1 is 1.42 bits per heavy atom. The summed E-state index contributed by atoms with van der Waals surface area (Å²) in [6.07, 6.45) is 6.02. The van der Waals surface area contributed by atoms with Crippen molar-refractivity contribution in [3.8, 4) is 0 Å². The van der Waals surface area contributed by atoms with Crippen LogP contribution in [-0.2, 0) is 16.8 Å². The number of hydrogen-bond donors (Lipinski definition) is 1. The second kappa shape index (κ2) is 5.69. The van der Waals surface area contributed by atoms with Crippen molar-refractivity contribution in [3.63, 3.8) is 0 Å². The third-order valence-electron chi connectivity index (χ3n) is 5.07. The molecule has 0 saturated heterocycles. The standard InChI is InChI=1S/C18H21FN4O/c1-12-10-14(19)4-5-15(12)18(6-7-18)17(24)20-8-9-23-11-16(21-22-23)13-2-3-13/h4-5,10-11,13H,2-3,6-9H2,1H3,(H,20,24). The lowest BCUT2D eigenvalue weighted by atomic mass is 9.91. The van der Waals surface area contributed by atoms with Gasteiger partial charge in [0.1, 0.15) is 5.82 Å². The molecule has 1 N–H and O–H groups in total. The molecule has 4 rings (SSSR count). The van der Waals surface area contributed by atoms with Gasteiger partial charge in [-0.25, -0.2) is 4.39 Å². The Kier molecular flexibility index (Phi) is 3.62. The average Bonchev–Trinajstić information content (AvgIpc) is 3.47. The number of carbonyl (C=O) groups excluding carboxylic acids is 1. The highest BCUT2D eigenvalue weighted by atomic mass is 19.1. The third kappa shape index (κ3) is 2.81. The maximum atomic E-state index is 13.3. The molecule has 2 aromatic rings. The maximum absolute atomic E-state index is 13.3. The molecule has 24 heavy (non-hydrogen) atoms. The van der Waals surface area contributed by atoms with Gasteiger partial charge in [-0.05, 0) is 55.9 Å². The number of nitrogens with zero attached hydrogens (tertiary/aromatic N) is 3. The van der Waals surface area contributed by atoms with Crippen LogP contribution in [0, 0.1) is 12.7 Å². The predicted molar refractivity (Wildman–Crippen MR) is 87.1 cm³/mol. The number of carbonyl (C=O) groups is 1. The van der Waals surface area contributed by atoms with Gasteiger partial charge in [0.25, 0.3) is 0 Å². The van der Waals surface area contributed by atoms with Crippen molar-refractivity contribution >= 4 is 5.91 Å². The molecule has 0 radical (unpaired) electrons. The van der Waals surface area contributed by atoms with Gasteiger partial charge in [-0.1, -0.05) is 11.3 Å². The summed E-state index contributed by atoms with van der Waals surface area (Å²) >= 11 is 0. The predicted octanol–water partition coefficient (Wildman–Crippen LogP) is 2.45. The van der Waals surface area contributed by atoms with E-state index in [4.69, 9.17) is 0 Å². The minimum absolute atomic E-state index is 0.0275. The van der Waals surface area contributed by atoms with Crippen LogP contribution in [0.15, 0.2) is 24.4 Å². The molecule has 1 aromatic carbocycles. The fourth-order valence-electron chi connectivity index (χ4n) is 3.35. The largest absolute Gasteiger partial charge is 0.353 e.